The lowest BCUT2D eigenvalue weighted by molar-refractivity contribution is -0.119. The van der Waals surface area contributed by atoms with E-state index in [1.165, 1.54) is 31.2 Å². The van der Waals surface area contributed by atoms with Crippen LogP contribution < -0.4 is 14.8 Å². The number of amides is 1. The molecule has 0 saturated carbocycles. The number of aromatic nitrogens is 2. The summed E-state index contributed by atoms with van der Waals surface area (Å²) in [4.78, 5) is 35.9. The molecule has 2 N–H and O–H groups in total. The monoisotopic (exact) mass is 594 g/mol. The van der Waals surface area contributed by atoms with E-state index in [-0.39, 0.29) is 34.2 Å². The predicted octanol–water partition coefficient (Wildman–Crippen LogP) is 2.89. The third-order valence-electron chi connectivity index (χ3n) is 7.33. The first-order valence-corrected chi connectivity index (χ1v) is 15.4. The van der Waals surface area contributed by atoms with Gasteiger partial charge in [-0.25, -0.2) is 18.1 Å². The Bertz CT molecular complexity index is 1510. The number of aryl methyl sites for hydroxylation is 2. The molecule has 2 aromatic carbocycles. The molecule has 3 aromatic rings. The van der Waals surface area contributed by atoms with Crippen molar-refractivity contribution >= 4 is 28.2 Å². The van der Waals surface area contributed by atoms with Crippen molar-refractivity contribution in [2.75, 3.05) is 51.1 Å². The number of anilines is 1. The van der Waals surface area contributed by atoms with E-state index in [1.54, 1.807) is 6.07 Å². The second-order valence-corrected chi connectivity index (χ2v) is 12.2. The van der Waals surface area contributed by atoms with Crippen LogP contribution >= 0.6 is 0 Å². The maximum atomic E-state index is 13.2. The molecular formula is C30H38N6O5S. The van der Waals surface area contributed by atoms with Gasteiger partial charge in [-0.1, -0.05) is 30.3 Å². The Kier molecular flexibility index (Phi) is 10.3. The van der Waals surface area contributed by atoms with Crippen LogP contribution in [0, 0.1) is 13.8 Å². The van der Waals surface area contributed by atoms with E-state index in [0.29, 0.717) is 25.1 Å². The zero-order chi connectivity index (χ0) is 30.3. The van der Waals surface area contributed by atoms with Crippen LogP contribution in [0.1, 0.15) is 34.8 Å². The van der Waals surface area contributed by atoms with Crippen LogP contribution in [0.4, 0.5) is 5.95 Å². The number of nitrogens with zero attached hydrogens (tertiary/aromatic N) is 4. The molecule has 1 saturated heterocycles. The first kappa shape index (κ1) is 31.1. The molecule has 224 valence electrons. The van der Waals surface area contributed by atoms with Crippen molar-refractivity contribution < 1.29 is 22.7 Å². The Labute approximate surface area is 247 Å². The van der Waals surface area contributed by atoms with E-state index in [0.717, 1.165) is 49.3 Å². The Morgan fingerprint density at radius 2 is 1.83 bits per heavy atom. The summed E-state index contributed by atoms with van der Waals surface area (Å²) in [6.45, 7) is 9.91. The summed E-state index contributed by atoms with van der Waals surface area (Å²) >= 11 is 0. The Hall–Kier alpha value is -3.87. The van der Waals surface area contributed by atoms with E-state index in [9.17, 15) is 18.0 Å². The molecule has 1 amide bonds. The Balaban J connectivity index is 1.54. The highest BCUT2D eigenvalue weighted by atomic mass is 32.2. The third-order valence-corrected chi connectivity index (χ3v) is 8.66. The van der Waals surface area contributed by atoms with Crippen molar-refractivity contribution in [3.05, 3.63) is 65.2 Å². The molecule has 42 heavy (non-hydrogen) atoms. The summed E-state index contributed by atoms with van der Waals surface area (Å²) < 4.78 is 34.9. The smallest absolute Gasteiger partial charge is 0.264 e. The van der Waals surface area contributed by atoms with E-state index < -0.39 is 10.0 Å². The van der Waals surface area contributed by atoms with Crippen LogP contribution in [0.3, 0.4) is 0 Å². The van der Waals surface area contributed by atoms with Crippen molar-refractivity contribution in [2.24, 2.45) is 0 Å². The van der Waals surface area contributed by atoms with Gasteiger partial charge in [0.1, 0.15) is 6.29 Å². The van der Waals surface area contributed by atoms with Gasteiger partial charge >= 0.3 is 0 Å². The number of sulfonamides is 1. The van der Waals surface area contributed by atoms with Crippen LogP contribution in [0.15, 0.2) is 53.4 Å². The van der Waals surface area contributed by atoms with Crippen LogP contribution in [0.2, 0.25) is 0 Å². The van der Waals surface area contributed by atoms with E-state index in [4.69, 9.17) is 4.74 Å². The van der Waals surface area contributed by atoms with Crippen LogP contribution in [0.25, 0.3) is 11.3 Å². The molecule has 0 radical (unpaired) electrons. The van der Waals surface area contributed by atoms with Gasteiger partial charge in [0.25, 0.3) is 10.0 Å². The number of piperazine rings is 1. The van der Waals surface area contributed by atoms with Crippen molar-refractivity contribution in [3.8, 4) is 17.1 Å². The molecule has 12 heteroatoms. The molecule has 0 unspecified atom stereocenters. The maximum absolute atomic E-state index is 13.2. The minimum Gasteiger partial charge on any atom is -0.477 e. The molecule has 2 heterocycles. The number of benzene rings is 2. The number of carbonyl (C=O) groups excluding carboxylic acids is 2. The second kappa shape index (κ2) is 13.9. The normalized spacial score (nSPS) is 16.1. The SMILES string of the molecule is CC(=O)NCCN1CCN(C)[C@@H](CCOc2cc(-c3c(C)cccc3C)nc(NS(=O)(=O)c3cccc(C=O)c3)n2)C1. The first-order chi connectivity index (χ1) is 20.1. The number of aldehydes is 1. The fraction of sp³-hybridized carbons (Fsp3) is 0.400. The highest BCUT2D eigenvalue weighted by Crippen LogP contribution is 2.29. The van der Waals surface area contributed by atoms with Gasteiger partial charge in [0.15, 0.2) is 0 Å². The topological polar surface area (TPSA) is 134 Å². The molecule has 0 spiro atoms. The van der Waals surface area contributed by atoms with Crippen LogP contribution in [-0.4, -0.2) is 92.8 Å². The molecule has 1 atom stereocenters. The maximum Gasteiger partial charge on any atom is 0.264 e. The van der Waals surface area contributed by atoms with Gasteiger partial charge in [-0.15, -0.1) is 0 Å². The zero-order valence-electron chi connectivity index (χ0n) is 24.5. The molecule has 1 aliphatic heterocycles. The van der Waals surface area contributed by atoms with Crippen molar-refractivity contribution in [1.82, 2.24) is 25.1 Å². The number of likely N-dealkylation sites (N-methyl/N-ethyl adjacent to an activating group) is 1. The van der Waals surface area contributed by atoms with E-state index >= 15 is 0 Å². The zero-order valence-corrected chi connectivity index (χ0v) is 25.3. The van der Waals surface area contributed by atoms with Crippen LogP contribution in [-0.2, 0) is 14.8 Å². The summed E-state index contributed by atoms with van der Waals surface area (Å²) in [5.74, 6) is 0.0962. The van der Waals surface area contributed by atoms with E-state index in [2.05, 4.69) is 36.9 Å². The van der Waals surface area contributed by atoms with Crippen molar-refractivity contribution in [2.45, 2.75) is 38.1 Å². The Morgan fingerprint density at radius 1 is 1.10 bits per heavy atom. The Morgan fingerprint density at radius 3 is 2.55 bits per heavy atom. The number of ether oxygens (including phenoxy) is 1. The van der Waals surface area contributed by atoms with Crippen molar-refractivity contribution in [1.29, 1.82) is 0 Å². The average molecular weight is 595 g/mol. The van der Waals surface area contributed by atoms with Gasteiger partial charge in [-0.2, -0.15) is 4.98 Å². The molecule has 11 nitrogen and oxygen atoms in total. The fourth-order valence-corrected chi connectivity index (χ4v) is 6.04. The summed E-state index contributed by atoms with van der Waals surface area (Å²) in [6.07, 6.45) is 1.32. The highest BCUT2D eigenvalue weighted by molar-refractivity contribution is 7.92. The second-order valence-electron chi connectivity index (χ2n) is 10.5. The molecule has 1 aliphatic rings. The molecule has 1 aromatic heterocycles. The van der Waals surface area contributed by atoms with Gasteiger partial charge < -0.3 is 15.0 Å². The summed E-state index contributed by atoms with van der Waals surface area (Å²) in [7, 11) is -1.98. The van der Waals surface area contributed by atoms with Gasteiger partial charge in [0.2, 0.25) is 17.7 Å². The highest BCUT2D eigenvalue weighted by Gasteiger charge is 2.24. The lowest BCUT2D eigenvalue weighted by atomic mass is 10.00. The minimum absolute atomic E-state index is 0.0321. The van der Waals surface area contributed by atoms with E-state index in [1.807, 2.05) is 32.0 Å². The van der Waals surface area contributed by atoms with Crippen molar-refractivity contribution in [3.63, 3.8) is 0 Å². The minimum atomic E-state index is -4.07. The summed E-state index contributed by atoms with van der Waals surface area (Å²) in [5.41, 5.74) is 3.61. The number of nitrogens with one attached hydrogen (secondary N) is 2. The fourth-order valence-electron chi connectivity index (χ4n) is 5.04. The number of hydrogen-bond donors (Lipinski definition) is 2. The number of carbonyl (C=O) groups is 2. The van der Waals surface area contributed by atoms with Gasteiger partial charge in [0, 0.05) is 62.9 Å². The standard InChI is InChI=1S/C30H38N6O5S/c1-21-7-5-8-22(2)29(21)27-18-28(33-30(32-27)34-42(39,40)26-10-6-9-24(17-26)20-37)41-16-11-25-19-36(15-14-35(25)4)13-12-31-23(3)38/h5-10,17-18,20,25H,11-16,19H2,1-4H3,(H,31,38)(H,32,33,34)/t25-/m0/s1. The quantitative estimate of drug-likeness (QED) is 0.304. The number of rotatable bonds is 12. The lowest BCUT2D eigenvalue weighted by Gasteiger charge is -2.39. The van der Waals surface area contributed by atoms with Gasteiger partial charge in [-0.05, 0) is 50.6 Å². The largest absolute Gasteiger partial charge is 0.477 e. The third kappa shape index (κ3) is 8.11. The first-order valence-electron chi connectivity index (χ1n) is 13.9. The molecule has 0 aliphatic carbocycles. The lowest BCUT2D eigenvalue weighted by Crippen LogP contribution is -2.53. The molecular weight excluding hydrogens is 556 g/mol. The molecule has 4 rings (SSSR count). The molecule has 1 fully saturated rings. The average Bonchev–Trinajstić information content (AvgIpc) is 2.94. The van der Waals surface area contributed by atoms with Crippen LogP contribution in [0.5, 0.6) is 5.88 Å². The van der Waals surface area contributed by atoms with Gasteiger partial charge in [0.05, 0.1) is 17.2 Å². The molecule has 0 bridgehead atoms. The van der Waals surface area contributed by atoms with Gasteiger partial charge in [-0.3, -0.25) is 14.5 Å². The summed E-state index contributed by atoms with van der Waals surface area (Å²) in [5, 5.41) is 2.85. The summed E-state index contributed by atoms with van der Waals surface area (Å²) in [6, 6.07) is 13.6. The number of hydrogen-bond acceptors (Lipinski definition) is 9. The predicted molar refractivity (Wildman–Crippen MR) is 161 cm³/mol.